The van der Waals surface area contributed by atoms with Gasteiger partial charge in [-0.3, -0.25) is 0 Å². The van der Waals surface area contributed by atoms with Crippen LogP contribution in [0.2, 0.25) is 0 Å². The van der Waals surface area contributed by atoms with Gasteiger partial charge in [0.25, 0.3) is 0 Å². The summed E-state index contributed by atoms with van der Waals surface area (Å²) in [5.74, 6) is -0.171. The van der Waals surface area contributed by atoms with E-state index in [4.69, 9.17) is 4.74 Å². The lowest BCUT2D eigenvalue weighted by atomic mass is 9.88. The molecule has 2 aliphatic rings. The van der Waals surface area contributed by atoms with Crippen molar-refractivity contribution in [2.75, 3.05) is 11.9 Å². The van der Waals surface area contributed by atoms with E-state index in [1.807, 2.05) is 13.0 Å². The average molecular weight is 263 g/mol. The summed E-state index contributed by atoms with van der Waals surface area (Å²) >= 11 is 0. The first kappa shape index (κ1) is 12.9. The van der Waals surface area contributed by atoms with Crippen LogP contribution in [-0.2, 0) is 4.74 Å². The Bertz CT molecular complexity index is 454. The van der Waals surface area contributed by atoms with Gasteiger partial charge in [-0.2, -0.15) is 0 Å². The summed E-state index contributed by atoms with van der Waals surface area (Å²) in [4.78, 5) is 0. The first-order valence-electron chi connectivity index (χ1n) is 7.34. The highest BCUT2D eigenvalue weighted by atomic mass is 19.1. The molecule has 104 valence electrons. The van der Waals surface area contributed by atoms with E-state index in [-0.39, 0.29) is 11.4 Å². The molecule has 2 fully saturated rings. The molecule has 19 heavy (non-hydrogen) atoms. The summed E-state index contributed by atoms with van der Waals surface area (Å²) in [6, 6.07) is 5.37. The van der Waals surface area contributed by atoms with Crippen LogP contribution in [0.5, 0.6) is 0 Å². The summed E-state index contributed by atoms with van der Waals surface area (Å²) in [7, 11) is 0. The van der Waals surface area contributed by atoms with Crippen LogP contribution in [0.4, 0.5) is 10.1 Å². The monoisotopic (exact) mass is 263 g/mol. The molecule has 1 N–H and O–H groups in total. The van der Waals surface area contributed by atoms with Gasteiger partial charge in [-0.15, -0.1) is 0 Å². The molecule has 1 aliphatic carbocycles. The van der Waals surface area contributed by atoms with Crippen LogP contribution >= 0.6 is 0 Å². The highest BCUT2D eigenvalue weighted by Gasteiger charge is 2.39. The number of ether oxygens (including phenoxy) is 1. The Morgan fingerprint density at radius 1 is 1.32 bits per heavy atom. The van der Waals surface area contributed by atoms with Crippen molar-refractivity contribution in [3.8, 4) is 0 Å². The van der Waals surface area contributed by atoms with Crippen molar-refractivity contribution in [1.29, 1.82) is 0 Å². The van der Waals surface area contributed by atoms with E-state index in [1.165, 1.54) is 31.7 Å². The number of anilines is 1. The Labute approximate surface area is 114 Å². The minimum absolute atomic E-state index is 0.108. The normalized spacial score (nSPS) is 25.7. The van der Waals surface area contributed by atoms with Gasteiger partial charge in [0.05, 0.1) is 5.60 Å². The molecule has 1 atom stereocenters. The molecule has 0 aromatic heterocycles. The van der Waals surface area contributed by atoms with Crippen molar-refractivity contribution in [1.82, 2.24) is 0 Å². The second kappa shape index (κ2) is 5.12. The van der Waals surface area contributed by atoms with Crippen molar-refractivity contribution in [2.45, 2.75) is 57.1 Å². The van der Waals surface area contributed by atoms with Crippen LogP contribution < -0.4 is 5.32 Å². The summed E-state index contributed by atoms with van der Waals surface area (Å²) in [5, 5.41) is 3.52. The zero-order chi connectivity index (χ0) is 13.3. The molecule has 1 spiro atoms. The first-order chi connectivity index (χ1) is 9.17. The number of rotatable bonds is 2. The third-order valence-corrected chi connectivity index (χ3v) is 4.57. The topological polar surface area (TPSA) is 21.3 Å². The smallest absolute Gasteiger partial charge is 0.125 e. The highest BCUT2D eigenvalue weighted by Crippen LogP contribution is 2.40. The summed E-state index contributed by atoms with van der Waals surface area (Å²) in [6.07, 6.45) is 7.01. The van der Waals surface area contributed by atoms with Gasteiger partial charge in [0.1, 0.15) is 5.82 Å². The highest BCUT2D eigenvalue weighted by molar-refractivity contribution is 5.51. The molecule has 0 radical (unpaired) electrons. The molecule has 1 aliphatic heterocycles. The Hall–Kier alpha value is -1.09. The minimum Gasteiger partial charge on any atom is -0.382 e. The molecule has 1 aromatic rings. The minimum atomic E-state index is -0.171. The fourth-order valence-corrected chi connectivity index (χ4v) is 3.49. The molecule has 1 heterocycles. The van der Waals surface area contributed by atoms with E-state index in [2.05, 4.69) is 5.32 Å². The van der Waals surface area contributed by atoms with E-state index in [1.54, 1.807) is 6.07 Å². The fourth-order valence-electron chi connectivity index (χ4n) is 3.49. The van der Waals surface area contributed by atoms with Crippen LogP contribution in [0.1, 0.15) is 44.1 Å². The largest absolute Gasteiger partial charge is 0.382 e. The molecule has 1 saturated carbocycles. The van der Waals surface area contributed by atoms with E-state index in [0.717, 1.165) is 30.7 Å². The predicted molar refractivity (Wildman–Crippen MR) is 74.9 cm³/mol. The van der Waals surface area contributed by atoms with Crippen molar-refractivity contribution in [3.05, 3.63) is 29.6 Å². The fraction of sp³-hybridized carbons (Fsp3) is 0.625. The van der Waals surface area contributed by atoms with E-state index in [9.17, 15) is 4.39 Å². The number of nitrogens with one attached hydrogen (secondary N) is 1. The third kappa shape index (κ3) is 2.76. The third-order valence-electron chi connectivity index (χ3n) is 4.57. The van der Waals surface area contributed by atoms with E-state index >= 15 is 0 Å². The second-order valence-corrected chi connectivity index (χ2v) is 6.03. The van der Waals surface area contributed by atoms with Gasteiger partial charge in [-0.1, -0.05) is 18.9 Å². The van der Waals surface area contributed by atoms with Crippen LogP contribution in [0.25, 0.3) is 0 Å². The molecule has 0 bridgehead atoms. The SMILES string of the molecule is Cc1ccc(F)cc1NC1CCOC2(CCCC2)C1. The van der Waals surface area contributed by atoms with Gasteiger partial charge in [0.15, 0.2) is 0 Å². The Morgan fingerprint density at radius 2 is 2.11 bits per heavy atom. The van der Waals surface area contributed by atoms with E-state index < -0.39 is 0 Å². The van der Waals surface area contributed by atoms with Crippen LogP contribution in [-0.4, -0.2) is 18.2 Å². The quantitative estimate of drug-likeness (QED) is 0.869. The van der Waals surface area contributed by atoms with Crippen LogP contribution in [0.15, 0.2) is 18.2 Å². The zero-order valence-corrected chi connectivity index (χ0v) is 11.5. The molecule has 0 amide bonds. The molecule has 2 nitrogen and oxygen atoms in total. The predicted octanol–water partition coefficient (Wildman–Crippen LogP) is 4.04. The van der Waals surface area contributed by atoms with Gasteiger partial charge >= 0.3 is 0 Å². The van der Waals surface area contributed by atoms with Crippen LogP contribution in [0.3, 0.4) is 0 Å². The van der Waals surface area contributed by atoms with Crippen molar-refractivity contribution >= 4 is 5.69 Å². The summed E-state index contributed by atoms with van der Waals surface area (Å²) < 4.78 is 19.4. The zero-order valence-electron chi connectivity index (χ0n) is 11.5. The Kier molecular flexibility index (Phi) is 3.48. The summed E-state index contributed by atoms with van der Waals surface area (Å²) in [5.41, 5.74) is 2.14. The van der Waals surface area contributed by atoms with E-state index in [0.29, 0.717) is 6.04 Å². The maximum atomic E-state index is 13.3. The lowest BCUT2D eigenvalue weighted by molar-refractivity contribution is -0.0767. The van der Waals surface area contributed by atoms with Gasteiger partial charge < -0.3 is 10.1 Å². The number of hydrogen-bond donors (Lipinski definition) is 1. The molecule has 1 unspecified atom stereocenters. The lowest BCUT2D eigenvalue weighted by Gasteiger charge is -2.39. The standard InChI is InChI=1S/C16H22FNO/c1-12-4-5-13(17)10-15(12)18-14-6-9-19-16(11-14)7-2-3-8-16/h4-5,10,14,18H,2-3,6-9,11H2,1H3. The van der Waals surface area contributed by atoms with Crippen molar-refractivity contribution in [3.63, 3.8) is 0 Å². The maximum absolute atomic E-state index is 13.3. The Balaban J connectivity index is 1.70. The van der Waals surface area contributed by atoms with Crippen LogP contribution in [0, 0.1) is 12.7 Å². The lowest BCUT2D eigenvalue weighted by Crippen LogP contribution is -2.42. The number of halogens is 1. The van der Waals surface area contributed by atoms with Crippen molar-refractivity contribution < 1.29 is 9.13 Å². The number of hydrogen-bond acceptors (Lipinski definition) is 2. The molecular formula is C16H22FNO. The number of benzene rings is 1. The number of aryl methyl sites for hydroxylation is 1. The molecule has 3 rings (SSSR count). The molecule has 1 saturated heterocycles. The first-order valence-corrected chi connectivity index (χ1v) is 7.34. The second-order valence-electron chi connectivity index (χ2n) is 6.03. The average Bonchev–Trinajstić information content (AvgIpc) is 2.82. The Morgan fingerprint density at radius 3 is 2.89 bits per heavy atom. The summed E-state index contributed by atoms with van der Waals surface area (Å²) in [6.45, 7) is 2.85. The van der Waals surface area contributed by atoms with Crippen molar-refractivity contribution in [2.24, 2.45) is 0 Å². The van der Waals surface area contributed by atoms with Gasteiger partial charge in [-0.25, -0.2) is 4.39 Å². The molecular weight excluding hydrogens is 241 g/mol. The maximum Gasteiger partial charge on any atom is 0.125 e. The van der Waals surface area contributed by atoms with Gasteiger partial charge in [0.2, 0.25) is 0 Å². The van der Waals surface area contributed by atoms with Gasteiger partial charge in [-0.05, 0) is 50.3 Å². The molecule has 1 aromatic carbocycles. The molecule has 3 heteroatoms. The van der Waals surface area contributed by atoms with Gasteiger partial charge in [0, 0.05) is 18.3 Å².